The Hall–Kier alpha value is -1.71. The molecule has 3 N–H and O–H groups in total. The Morgan fingerprint density at radius 2 is 2.24 bits per heavy atom. The van der Waals surface area contributed by atoms with E-state index < -0.39 is 6.10 Å². The van der Waals surface area contributed by atoms with Crippen molar-refractivity contribution in [3.8, 4) is 5.75 Å². The fourth-order valence-corrected chi connectivity index (χ4v) is 1.38. The number of nitrogen functional groups attached to an aromatic ring is 1. The largest absolute Gasteiger partial charge is 0.481 e. The van der Waals surface area contributed by atoms with Gasteiger partial charge in [0.2, 0.25) is 0 Å². The summed E-state index contributed by atoms with van der Waals surface area (Å²) in [6.45, 7) is 6.33. The van der Waals surface area contributed by atoms with Crippen LogP contribution in [0.25, 0.3) is 0 Å². The molecule has 94 valence electrons. The number of anilines is 1. The van der Waals surface area contributed by atoms with Crippen molar-refractivity contribution in [3.05, 3.63) is 23.8 Å². The van der Waals surface area contributed by atoms with Crippen LogP contribution < -0.4 is 15.8 Å². The first-order chi connectivity index (χ1) is 8.04. The molecule has 0 aliphatic rings. The molecule has 0 aromatic heterocycles. The van der Waals surface area contributed by atoms with Crippen molar-refractivity contribution < 1.29 is 9.53 Å². The summed E-state index contributed by atoms with van der Waals surface area (Å²) >= 11 is 0. The Morgan fingerprint density at radius 3 is 2.88 bits per heavy atom. The highest BCUT2D eigenvalue weighted by Crippen LogP contribution is 2.21. The minimum atomic E-state index is -0.512. The topological polar surface area (TPSA) is 64.3 Å². The summed E-state index contributed by atoms with van der Waals surface area (Å²) in [5, 5.41) is 2.79. The second kappa shape index (κ2) is 6.13. The van der Waals surface area contributed by atoms with Gasteiger partial charge in [-0.1, -0.05) is 13.0 Å². The number of rotatable bonds is 5. The van der Waals surface area contributed by atoms with E-state index in [1.807, 2.05) is 26.0 Å². The van der Waals surface area contributed by atoms with E-state index >= 15 is 0 Å². The van der Waals surface area contributed by atoms with Crippen LogP contribution in [0, 0.1) is 6.92 Å². The van der Waals surface area contributed by atoms with Gasteiger partial charge in [0.1, 0.15) is 5.75 Å². The van der Waals surface area contributed by atoms with Gasteiger partial charge in [-0.3, -0.25) is 4.79 Å². The van der Waals surface area contributed by atoms with E-state index in [-0.39, 0.29) is 5.91 Å². The van der Waals surface area contributed by atoms with Gasteiger partial charge in [0, 0.05) is 18.3 Å². The zero-order valence-electron chi connectivity index (χ0n) is 10.6. The number of nitrogens with two attached hydrogens (primary N) is 1. The molecule has 0 aliphatic heterocycles. The molecule has 1 amide bonds. The summed E-state index contributed by atoms with van der Waals surface area (Å²) in [6, 6.07) is 5.42. The van der Waals surface area contributed by atoms with E-state index in [0.717, 1.165) is 12.0 Å². The zero-order valence-corrected chi connectivity index (χ0v) is 10.6. The van der Waals surface area contributed by atoms with E-state index in [1.165, 1.54) is 0 Å². The van der Waals surface area contributed by atoms with Crippen molar-refractivity contribution in [1.82, 2.24) is 5.32 Å². The maximum atomic E-state index is 11.6. The molecule has 4 heteroatoms. The van der Waals surface area contributed by atoms with E-state index in [9.17, 15) is 4.79 Å². The molecule has 17 heavy (non-hydrogen) atoms. The zero-order chi connectivity index (χ0) is 12.8. The third-order valence-corrected chi connectivity index (χ3v) is 2.43. The van der Waals surface area contributed by atoms with Crippen molar-refractivity contribution in [3.63, 3.8) is 0 Å². The molecule has 0 bridgehead atoms. The molecule has 1 rings (SSSR count). The third-order valence-electron chi connectivity index (χ3n) is 2.43. The third kappa shape index (κ3) is 3.98. The van der Waals surface area contributed by atoms with Gasteiger partial charge in [0.15, 0.2) is 6.10 Å². The van der Waals surface area contributed by atoms with Gasteiger partial charge in [0.25, 0.3) is 5.91 Å². The highest BCUT2D eigenvalue weighted by Gasteiger charge is 2.14. The Balaban J connectivity index is 2.64. The first-order valence-corrected chi connectivity index (χ1v) is 5.85. The van der Waals surface area contributed by atoms with Gasteiger partial charge in [-0.05, 0) is 31.9 Å². The highest BCUT2D eigenvalue weighted by atomic mass is 16.5. The lowest BCUT2D eigenvalue weighted by Gasteiger charge is -2.16. The van der Waals surface area contributed by atoms with Crippen LogP contribution in [0.4, 0.5) is 5.69 Å². The number of carbonyl (C=O) groups excluding carboxylic acids is 1. The molecule has 0 spiro atoms. The molecule has 0 saturated heterocycles. The quantitative estimate of drug-likeness (QED) is 0.767. The summed E-state index contributed by atoms with van der Waals surface area (Å²) < 4.78 is 5.59. The van der Waals surface area contributed by atoms with Crippen molar-refractivity contribution in [1.29, 1.82) is 0 Å². The number of aryl methyl sites for hydroxylation is 1. The molecular formula is C13H20N2O2. The number of hydrogen-bond donors (Lipinski definition) is 2. The lowest BCUT2D eigenvalue weighted by atomic mass is 10.2. The van der Waals surface area contributed by atoms with Gasteiger partial charge in [-0.2, -0.15) is 0 Å². The van der Waals surface area contributed by atoms with Crippen molar-refractivity contribution in [2.24, 2.45) is 0 Å². The lowest BCUT2D eigenvalue weighted by molar-refractivity contribution is -0.127. The molecule has 0 heterocycles. The molecule has 0 saturated carbocycles. The predicted molar refractivity (Wildman–Crippen MR) is 69.0 cm³/mol. The Labute approximate surface area is 102 Å². The van der Waals surface area contributed by atoms with E-state index in [1.54, 1.807) is 13.0 Å². The fourth-order valence-electron chi connectivity index (χ4n) is 1.38. The lowest BCUT2D eigenvalue weighted by Crippen LogP contribution is -2.36. The van der Waals surface area contributed by atoms with Crippen LogP contribution in [-0.4, -0.2) is 18.6 Å². The molecule has 1 atom stereocenters. The van der Waals surface area contributed by atoms with Crippen LogP contribution in [0.2, 0.25) is 0 Å². The van der Waals surface area contributed by atoms with Gasteiger partial charge >= 0.3 is 0 Å². The van der Waals surface area contributed by atoms with Crippen LogP contribution in [0.3, 0.4) is 0 Å². The maximum absolute atomic E-state index is 11.6. The van der Waals surface area contributed by atoms with Gasteiger partial charge in [-0.25, -0.2) is 0 Å². The van der Waals surface area contributed by atoms with Crippen LogP contribution in [0.5, 0.6) is 5.75 Å². The number of benzene rings is 1. The van der Waals surface area contributed by atoms with Gasteiger partial charge in [0.05, 0.1) is 0 Å². The second-order valence-electron chi connectivity index (χ2n) is 4.08. The minimum absolute atomic E-state index is 0.103. The Morgan fingerprint density at radius 1 is 1.53 bits per heavy atom. The van der Waals surface area contributed by atoms with E-state index in [0.29, 0.717) is 18.0 Å². The number of carbonyl (C=O) groups is 1. The number of amides is 1. The van der Waals surface area contributed by atoms with Crippen LogP contribution in [0.1, 0.15) is 25.8 Å². The number of ether oxygens (including phenoxy) is 1. The van der Waals surface area contributed by atoms with Gasteiger partial charge in [-0.15, -0.1) is 0 Å². The highest BCUT2D eigenvalue weighted by molar-refractivity contribution is 5.80. The minimum Gasteiger partial charge on any atom is -0.481 e. The fraction of sp³-hybridized carbons (Fsp3) is 0.462. The first kappa shape index (κ1) is 13.4. The summed E-state index contributed by atoms with van der Waals surface area (Å²) in [5.74, 6) is 0.554. The summed E-state index contributed by atoms with van der Waals surface area (Å²) in [7, 11) is 0. The molecule has 0 fully saturated rings. The first-order valence-electron chi connectivity index (χ1n) is 5.85. The number of nitrogens with one attached hydrogen (secondary N) is 1. The van der Waals surface area contributed by atoms with Gasteiger partial charge < -0.3 is 15.8 Å². The summed E-state index contributed by atoms with van der Waals surface area (Å²) in [6.07, 6.45) is 0.400. The maximum Gasteiger partial charge on any atom is 0.260 e. The molecule has 0 radical (unpaired) electrons. The summed E-state index contributed by atoms with van der Waals surface area (Å²) in [4.78, 5) is 11.6. The molecule has 1 aromatic carbocycles. The van der Waals surface area contributed by atoms with E-state index in [2.05, 4.69) is 5.32 Å². The average Bonchev–Trinajstić information content (AvgIpc) is 2.30. The second-order valence-corrected chi connectivity index (χ2v) is 4.08. The Kier molecular flexibility index (Phi) is 4.82. The standard InChI is InChI=1S/C13H20N2O2/c1-4-7-15-13(16)10(3)17-12-8-11(14)6-5-9(12)2/h5-6,8,10H,4,7,14H2,1-3H3,(H,15,16). The molecule has 0 aliphatic carbocycles. The normalized spacial score (nSPS) is 11.9. The smallest absolute Gasteiger partial charge is 0.260 e. The molecular weight excluding hydrogens is 216 g/mol. The molecule has 1 aromatic rings. The van der Waals surface area contributed by atoms with E-state index in [4.69, 9.17) is 10.5 Å². The predicted octanol–water partition coefficient (Wildman–Crippen LogP) is 1.87. The average molecular weight is 236 g/mol. The number of hydrogen-bond acceptors (Lipinski definition) is 3. The van der Waals surface area contributed by atoms with Crippen LogP contribution in [-0.2, 0) is 4.79 Å². The van der Waals surface area contributed by atoms with Crippen molar-refractivity contribution in [2.75, 3.05) is 12.3 Å². The molecule has 1 unspecified atom stereocenters. The van der Waals surface area contributed by atoms with Crippen LogP contribution >= 0.6 is 0 Å². The van der Waals surface area contributed by atoms with Crippen molar-refractivity contribution in [2.45, 2.75) is 33.3 Å². The molecule has 4 nitrogen and oxygen atoms in total. The Bertz CT molecular complexity index is 391. The van der Waals surface area contributed by atoms with Crippen molar-refractivity contribution >= 4 is 11.6 Å². The monoisotopic (exact) mass is 236 g/mol. The summed E-state index contributed by atoms with van der Waals surface area (Å²) in [5.41, 5.74) is 7.28. The SMILES string of the molecule is CCCNC(=O)C(C)Oc1cc(N)ccc1C. The van der Waals surface area contributed by atoms with Crippen LogP contribution in [0.15, 0.2) is 18.2 Å².